The Bertz CT molecular complexity index is 1640. The third-order valence-electron chi connectivity index (χ3n) is 8.45. The van der Waals surface area contributed by atoms with Crippen molar-refractivity contribution in [2.24, 2.45) is 7.05 Å². The Kier molecular flexibility index (Phi) is 5.43. The lowest BCUT2D eigenvalue weighted by molar-refractivity contribution is -0.126. The van der Waals surface area contributed by atoms with Gasteiger partial charge in [-0.25, -0.2) is 4.68 Å². The number of carbonyl (C=O) groups is 2. The van der Waals surface area contributed by atoms with Crippen LogP contribution in [0.4, 0.5) is 0 Å². The first kappa shape index (κ1) is 23.8. The number of rotatable bonds is 4. The molecule has 5 heterocycles. The number of aromatic nitrogens is 5. The molecule has 0 unspecified atom stereocenters. The van der Waals surface area contributed by atoms with Gasteiger partial charge in [0.15, 0.2) is 0 Å². The Hall–Kier alpha value is -4.27. The van der Waals surface area contributed by atoms with E-state index < -0.39 is 0 Å². The zero-order valence-corrected chi connectivity index (χ0v) is 22.3. The number of carbonyl (C=O) groups excluding carboxylic acids is 2. The summed E-state index contributed by atoms with van der Waals surface area (Å²) in [6.45, 7) is 7.08. The van der Waals surface area contributed by atoms with Crippen molar-refractivity contribution in [3.63, 3.8) is 0 Å². The maximum absolute atomic E-state index is 14.0. The quantitative estimate of drug-likeness (QED) is 0.383. The van der Waals surface area contributed by atoms with E-state index in [9.17, 15) is 9.59 Å². The number of pyridine rings is 1. The van der Waals surface area contributed by atoms with Gasteiger partial charge in [0.25, 0.3) is 5.91 Å². The van der Waals surface area contributed by atoms with Crippen molar-refractivity contribution >= 4 is 22.8 Å². The summed E-state index contributed by atoms with van der Waals surface area (Å²) in [5.74, 6) is 0.476. The number of hydrogen-bond donors (Lipinski definition) is 0. The normalized spacial score (nSPS) is 18.7. The Morgan fingerprint density at radius 1 is 1.08 bits per heavy atom. The Morgan fingerprint density at radius 3 is 2.62 bits per heavy atom. The number of fused-ring (bicyclic) bond motifs is 1. The molecule has 0 N–H and O–H groups in total. The molecule has 2 amide bonds. The zero-order chi connectivity index (χ0) is 26.8. The second-order valence-electron chi connectivity index (χ2n) is 10.9. The van der Waals surface area contributed by atoms with Gasteiger partial charge in [0, 0.05) is 51.3 Å². The summed E-state index contributed by atoms with van der Waals surface area (Å²) in [7, 11) is 1.86. The van der Waals surface area contributed by atoms with Crippen molar-refractivity contribution in [1.82, 2.24) is 34.3 Å². The molecule has 3 aliphatic rings. The maximum Gasteiger partial charge on any atom is 0.256 e. The predicted octanol–water partition coefficient (Wildman–Crippen LogP) is 3.65. The van der Waals surface area contributed by atoms with Crippen LogP contribution >= 0.6 is 0 Å². The van der Waals surface area contributed by atoms with Crippen molar-refractivity contribution in [3.8, 4) is 5.69 Å². The number of aryl methyl sites for hydroxylation is 2. The molecule has 7 rings (SSSR count). The van der Waals surface area contributed by atoms with Gasteiger partial charge >= 0.3 is 0 Å². The van der Waals surface area contributed by atoms with Crippen LogP contribution in [0.5, 0.6) is 0 Å². The highest BCUT2D eigenvalue weighted by Crippen LogP contribution is 2.41. The highest BCUT2D eigenvalue weighted by atomic mass is 16.2. The second-order valence-corrected chi connectivity index (χ2v) is 10.9. The lowest BCUT2D eigenvalue weighted by atomic mass is 9.95. The number of amides is 2. The van der Waals surface area contributed by atoms with E-state index in [4.69, 9.17) is 5.10 Å². The number of benzene rings is 1. The van der Waals surface area contributed by atoms with E-state index in [0.717, 1.165) is 39.4 Å². The Balaban J connectivity index is 1.29. The molecule has 1 aliphatic carbocycles. The molecule has 1 fully saturated rings. The molecule has 0 radical (unpaired) electrons. The maximum atomic E-state index is 14.0. The first-order valence-electron chi connectivity index (χ1n) is 13.7. The highest BCUT2D eigenvalue weighted by Gasteiger charge is 2.40. The van der Waals surface area contributed by atoms with E-state index in [1.165, 1.54) is 24.5 Å². The number of nitrogens with zero attached hydrogens (tertiary/aromatic N) is 7. The highest BCUT2D eigenvalue weighted by molar-refractivity contribution is 5.97. The molecular formula is C30H31N7O2. The molecule has 39 heavy (non-hydrogen) atoms. The molecule has 4 aromatic rings. The van der Waals surface area contributed by atoms with Crippen LogP contribution in [0.25, 0.3) is 16.7 Å². The van der Waals surface area contributed by atoms with Gasteiger partial charge in [0.05, 0.1) is 39.9 Å². The fraction of sp³-hybridized carbons (Fsp3) is 0.367. The van der Waals surface area contributed by atoms with Crippen LogP contribution in [0.1, 0.15) is 63.4 Å². The third kappa shape index (κ3) is 3.87. The third-order valence-corrected chi connectivity index (χ3v) is 8.45. The summed E-state index contributed by atoms with van der Waals surface area (Å²) in [6, 6.07) is 10.3. The summed E-state index contributed by atoms with van der Waals surface area (Å²) < 4.78 is 3.82. The lowest BCUT2D eigenvalue weighted by Gasteiger charge is -2.37. The van der Waals surface area contributed by atoms with Crippen LogP contribution in [0.15, 0.2) is 49.2 Å². The second kappa shape index (κ2) is 8.90. The van der Waals surface area contributed by atoms with E-state index in [2.05, 4.69) is 45.6 Å². The van der Waals surface area contributed by atoms with Gasteiger partial charge < -0.3 is 9.80 Å². The summed E-state index contributed by atoms with van der Waals surface area (Å²) in [6.07, 6.45) is 6.86. The standard InChI is InChI=1S/C30H31N7O2/c1-4-27(38)35-13-11-23-28-24(37(33-23)22-9-7-20(8-10-22)19-5-6-19)12-14-36(26(28)17-35)30(39)21-15-25-29(31-16-21)18(2)32-34(25)3/h4,7-10,15-16,19,26H,1,5-6,11-14,17H2,2-3H3/t26-/m1/s1. The van der Waals surface area contributed by atoms with Gasteiger partial charge in [-0.2, -0.15) is 10.2 Å². The summed E-state index contributed by atoms with van der Waals surface area (Å²) in [5.41, 5.74) is 8.56. The smallest absolute Gasteiger partial charge is 0.256 e. The van der Waals surface area contributed by atoms with Crippen molar-refractivity contribution in [2.75, 3.05) is 19.6 Å². The van der Waals surface area contributed by atoms with E-state index in [0.29, 0.717) is 44.0 Å². The minimum Gasteiger partial charge on any atom is -0.336 e. The summed E-state index contributed by atoms with van der Waals surface area (Å²) >= 11 is 0. The average Bonchev–Trinajstić information content (AvgIpc) is 3.72. The monoisotopic (exact) mass is 521 g/mol. The molecule has 9 nitrogen and oxygen atoms in total. The van der Waals surface area contributed by atoms with Crippen LogP contribution in [0, 0.1) is 6.92 Å². The predicted molar refractivity (Wildman–Crippen MR) is 147 cm³/mol. The fourth-order valence-electron chi connectivity index (χ4n) is 6.27. The van der Waals surface area contributed by atoms with Gasteiger partial charge in [-0.1, -0.05) is 18.7 Å². The van der Waals surface area contributed by atoms with Gasteiger partial charge in [0.1, 0.15) is 5.52 Å². The minimum atomic E-state index is -0.300. The van der Waals surface area contributed by atoms with E-state index in [1.807, 2.05) is 24.9 Å². The molecule has 3 aromatic heterocycles. The first-order valence-corrected chi connectivity index (χ1v) is 13.7. The van der Waals surface area contributed by atoms with Gasteiger partial charge in [0.2, 0.25) is 5.91 Å². The van der Waals surface area contributed by atoms with Gasteiger partial charge in [-0.15, -0.1) is 0 Å². The molecule has 1 aromatic carbocycles. The molecule has 0 spiro atoms. The van der Waals surface area contributed by atoms with Crippen molar-refractivity contribution in [1.29, 1.82) is 0 Å². The van der Waals surface area contributed by atoms with Gasteiger partial charge in [-0.3, -0.25) is 19.3 Å². The van der Waals surface area contributed by atoms with E-state index in [1.54, 1.807) is 15.8 Å². The molecule has 0 saturated heterocycles. The van der Waals surface area contributed by atoms with Crippen molar-refractivity contribution in [2.45, 2.75) is 44.6 Å². The molecule has 2 aliphatic heterocycles. The Morgan fingerprint density at radius 2 is 1.87 bits per heavy atom. The summed E-state index contributed by atoms with van der Waals surface area (Å²) in [5, 5.41) is 9.52. The molecule has 198 valence electrons. The minimum absolute atomic E-state index is 0.0979. The lowest BCUT2D eigenvalue weighted by Crippen LogP contribution is -2.45. The summed E-state index contributed by atoms with van der Waals surface area (Å²) in [4.78, 5) is 35.0. The molecule has 9 heteroatoms. The van der Waals surface area contributed by atoms with E-state index >= 15 is 0 Å². The fourth-order valence-corrected chi connectivity index (χ4v) is 6.27. The molecule has 1 saturated carbocycles. The number of hydrogen-bond acceptors (Lipinski definition) is 5. The first-order chi connectivity index (χ1) is 18.9. The van der Waals surface area contributed by atoms with Crippen LogP contribution in [-0.2, 0) is 24.7 Å². The van der Waals surface area contributed by atoms with Crippen LogP contribution in [0.3, 0.4) is 0 Å². The topological polar surface area (TPSA) is 89.2 Å². The van der Waals surface area contributed by atoms with Crippen LogP contribution in [-0.4, -0.2) is 65.8 Å². The SMILES string of the molecule is C=CC(=O)N1CCc2nn(-c3ccc(C4CC4)cc3)c3c2[C@@H](C1)N(C(=O)c1cnc2c(C)nn(C)c2c1)CC3. The largest absolute Gasteiger partial charge is 0.336 e. The average molecular weight is 522 g/mol. The zero-order valence-electron chi connectivity index (χ0n) is 22.3. The molecular weight excluding hydrogens is 490 g/mol. The van der Waals surface area contributed by atoms with Crippen molar-refractivity contribution in [3.05, 3.63) is 83.0 Å². The molecule has 1 atom stereocenters. The van der Waals surface area contributed by atoms with Crippen molar-refractivity contribution < 1.29 is 9.59 Å². The van der Waals surface area contributed by atoms with Crippen LogP contribution in [0.2, 0.25) is 0 Å². The molecule has 0 bridgehead atoms. The Labute approximate surface area is 226 Å². The van der Waals surface area contributed by atoms with Crippen LogP contribution < -0.4 is 0 Å². The van der Waals surface area contributed by atoms with Gasteiger partial charge in [-0.05, 0) is 55.5 Å². The van der Waals surface area contributed by atoms with E-state index in [-0.39, 0.29) is 17.9 Å².